The van der Waals surface area contributed by atoms with Gasteiger partial charge in [-0.25, -0.2) is 39.9 Å². The van der Waals surface area contributed by atoms with E-state index in [-0.39, 0.29) is 0 Å². The number of aromatic nitrogens is 11. The second-order valence-corrected chi connectivity index (χ2v) is 23.6. The first kappa shape index (κ1) is 57.5. The minimum absolute atomic E-state index is 0.610. The largest absolute Gasteiger partial charge is 0.292 e. The number of fused-ring (bicyclic) bond motifs is 5. The van der Waals surface area contributed by atoms with Crippen molar-refractivity contribution in [3.05, 3.63) is 334 Å². The predicted octanol–water partition coefficient (Wildman–Crippen LogP) is 20.5. The summed E-state index contributed by atoms with van der Waals surface area (Å²) >= 11 is 0. The number of imidazole rings is 1. The fourth-order valence-corrected chi connectivity index (χ4v) is 12.5. The topological polar surface area (TPSA) is 134 Å². The molecule has 0 fully saturated rings. The van der Waals surface area contributed by atoms with Crippen LogP contribution in [-0.2, 0) is 0 Å². The highest BCUT2D eigenvalue weighted by Crippen LogP contribution is 2.36. The number of benzene rings is 10. The van der Waals surface area contributed by atoms with Gasteiger partial charge in [0.1, 0.15) is 5.82 Å². The van der Waals surface area contributed by atoms with E-state index in [0.29, 0.717) is 17.5 Å². The Labute approximate surface area is 558 Å². The van der Waals surface area contributed by atoms with Gasteiger partial charge in [0.25, 0.3) is 0 Å². The molecule has 0 aliphatic rings. The molecule has 0 atom stereocenters. The second-order valence-electron chi connectivity index (χ2n) is 23.6. The third-order valence-corrected chi connectivity index (χ3v) is 17.4. The summed E-state index contributed by atoms with van der Waals surface area (Å²) in [6, 6.07) is 110. The lowest BCUT2D eigenvalue weighted by Gasteiger charge is -2.11. The van der Waals surface area contributed by atoms with E-state index in [1.807, 2.05) is 133 Å². The first-order valence-electron chi connectivity index (χ1n) is 32.1. The zero-order valence-corrected chi connectivity index (χ0v) is 52.2. The maximum absolute atomic E-state index is 5.15. The molecular weight excluding hydrogens is 1190 g/mol. The Hall–Kier alpha value is -13.4. The van der Waals surface area contributed by atoms with Gasteiger partial charge in [0, 0.05) is 73.0 Å². The number of rotatable bonds is 11. The zero-order chi connectivity index (χ0) is 64.4. The molecule has 0 saturated heterocycles. The van der Waals surface area contributed by atoms with Gasteiger partial charge in [-0.05, 0) is 131 Å². The van der Waals surface area contributed by atoms with Gasteiger partial charge in [-0.3, -0.25) is 14.5 Å². The molecule has 97 heavy (non-hydrogen) atoms. The molecule has 8 aromatic heterocycles. The van der Waals surface area contributed by atoms with Crippen LogP contribution in [0.3, 0.4) is 0 Å². The lowest BCUT2D eigenvalue weighted by atomic mass is 10.0. The molecule has 11 heteroatoms. The van der Waals surface area contributed by atoms with Crippen LogP contribution in [-0.4, -0.2) is 54.4 Å². The van der Waals surface area contributed by atoms with Crippen molar-refractivity contribution in [2.24, 2.45) is 0 Å². The molecule has 0 N–H and O–H groups in total. The average Bonchev–Trinajstić information content (AvgIpc) is 1.65. The Morgan fingerprint density at radius 1 is 0.196 bits per heavy atom. The van der Waals surface area contributed by atoms with Gasteiger partial charge in [0.05, 0.1) is 67.3 Å². The number of para-hydroxylation sites is 3. The van der Waals surface area contributed by atoms with Crippen LogP contribution < -0.4 is 0 Å². The van der Waals surface area contributed by atoms with Crippen LogP contribution in [0.4, 0.5) is 0 Å². The van der Waals surface area contributed by atoms with Gasteiger partial charge in [0.2, 0.25) is 0 Å². The summed E-state index contributed by atoms with van der Waals surface area (Å²) in [5.74, 6) is 2.78. The van der Waals surface area contributed by atoms with Crippen LogP contribution in [0, 0.1) is 0 Å². The fourth-order valence-electron chi connectivity index (χ4n) is 12.5. The molecule has 0 saturated carbocycles. The van der Waals surface area contributed by atoms with Gasteiger partial charge in [-0.15, -0.1) is 0 Å². The maximum Gasteiger partial charge on any atom is 0.164 e. The van der Waals surface area contributed by atoms with Crippen molar-refractivity contribution in [2.75, 3.05) is 0 Å². The van der Waals surface area contributed by atoms with Gasteiger partial charge >= 0.3 is 0 Å². The highest BCUT2D eigenvalue weighted by molar-refractivity contribution is 5.93. The standard InChI is InChI=1S/C44H28N6.C42H27N5/c1-3-10-31(11-4-1)42-48-43(32-12-5-2-6-13-32)50-44(49-42)36-15-9-14-35(26-36)37-23-21-29-17-19-33(27-40(29)46-37)34-20-18-30-22-24-39(47-41(30)28-34)38-16-7-8-25-45-38;1-2-11-34(12-3-1)47-41-15-5-4-14-38(41)46-42(47)33-10-8-9-32(25-33)35-22-20-28-16-18-30(26-39(28)44-35)31-19-17-29-21-23-37(45-40(29)27-31)36-13-6-7-24-43-36/h1-28H;1-27H. The van der Waals surface area contributed by atoms with E-state index in [1.54, 1.807) is 12.4 Å². The zero-order valence-electron chi connectivity index (χ0n) is 52.2. The minimum atomic E-state index is 0.610. The van der Waals surface area contributed by atoms with Gasteiger partial charge in [0.15, 0.2) is 17.5 Å². The van der Waals surface area contributed by atoms with Crippen molar-refractivity contribution in [3.63, 3.8) is 0 Å². The molecule has 0 spiro atoms. The molecule has 8 heterocycles. The van der Waals surface area contributed by atoms with E-state index < -0.39 is 0 Å². The molecule has 18 aromatic rings. The van der Waals surface area contributed by atoms with E-state index in [9.17, 15) is 0 Å². The summed E-state index contributed by atoms with van der Waals surface area (Å²) in [4.78, 5) is 48.9. The summed E-state index contributed by atoms with van der Waals surface area (Å²) in [7, 11) is 0. The molecule has 0 bridgehead atoms. The summed E-state index contributed by atoms with van der Waals surface area (Å²) in [5, 5.41) is 4.34. The first-order valence-corrected chi connectivity index (χ1v) is 32.1. The molecule has 0 unspecified atom stereocenters. The van der Waals surface area contributed by atoms with Crippen LogP contribution in [0.2, 0.25) is 0 Å². The van der Waals surface area contributed by atoms with Gasteiger partial charge < -0.3 is 0 Å². The van der Waals surface area contributed by atoms with Crippen LogP contribution >= 0.6 is 0 Å². The Morgan fingerprint density at radius 3 is 1.02 bits per heavy atom. The molecule has 18 rings (SSSR count). The summed E-state index contributed by atoms with van der Waals surface area (Å²) < 4.78 is 2.23. The van der Waals surface area contributed by atoms with Crippen LogP contribution in [0.15, 0.2) is 334 Å². The highest BCUT2D eigenvalue weighted by atomic mass is 15.1. The monoisotopic (exact) mass is 1240 g/mol. The summed E-state index contributed by atoms with van der Waals surface area (Å²) in [6.07, 6.45) is 3.59. The van der Waals surface area contributed by atoms with Crippen molar-refractivity contribution in [3.8, 4) is 119 Å². The Kier molecular flexibility index (Phi) is 15.0. The Balaban J connectivity index is 0.000000147. The molecule has 0 radical (unpaired) electrons. The normalized spacial score (nSPS) is 11.3. The van der Waals surface area contributed by atoms with E-state index >= 15 is 0 Å². The van der Waals surface area contributed by atoms with Crippen molar-refractivity contribution >= 4 is 54.6 Å². The van der Waals surface area contributed by atoms with Crippen LogP contribution in [0.25, 0.3) is 173 Å². The van der Waals surface area contributed by atoms with Crippen molar-refractivity contribution < 1.29 is 0 Å². The first-order chi connectivity index (χ1) is 48.0. The summed E-state index contributed by atoms with van der Waals surface area (Å²) in [5.41, 5.74) is 22.2. The Bertz CT molecular complexity index is 5890. The Morgan fingerprint density at radius 2 is 0.557 bits per heavy atom. The number of nitrogens with zero attached hydrogens (tertiary/aromatic N) is 11. The SMILES string of the molecule is c1ccc(-c2nc(-c3ccccc3)nc(-c3cccc(-c4ccc5ccc(-c6ccc7ccc(-c8ccccn8)nc7c6)cc5n4)c3)n2)cc1.c1ccc(-n2c(-c3cccc(-c4ccc5ccc(-c6ccc7ccc(-c8ccccn8)nc7c6)cc5n4)c3)nc3ccccc32)cc1. The number of hydrogen-bond acceptors (Lipinski definition) is 10. The van der Waals surface area contributed by atoms with Gasteiger partial charge in [-0.2, -0.15) is 0 Å². The van der Waals surface area contributed by atoms with E-state index in [0.717, 1.165) is 156 Å². The molecule has 11 nitrogen and oxygen atoms in total. The number of pyridine rings is 6. The summed E-state index contributed by atoms with van der Waals surface area (Å²) in [6.45, 7) is 0. The third-order valence-electron chi connectivity index (χ3n) is 17.4. The molecular formula is C86H55N11. The number of hydrogen-bond donors (Lipinski definition) is 0. The molecule has 454 valence electrons. The van der Waals surface area contributed by atoms with Crippen LogP contribution in [0.5, 0.6) is 0 Å². The van der Waals surface area contributed by atoms with E-state index in [2.05, 4.69) is 203 Å². The predicted molar refractivity (Wildman–Crippen MR) is 392 cm³/mol. The van der Waals surface area contributed by atoms with Crippen molar-refractivity contribution in [1.82, 2.24) is 54.4 Å². The van der Waals surface area contributed by atoms with Crippen LogP contribution in [0.1, 0.15) is 0 Å². The maximum atomic E-state index is 5.15. The smallest absolute Gasteiger partial charge is 0.164 e. The average molecular weight is 1240 g/mol. The fraction of sp³-hybridized carbons (Fsp3) is 0. The minimum Gasteiger partial charge on any atom is -0.292 e. The lowest BCUT2D eigenvalue weighted by molar-refractivity contribution is 1.07. The molecule has 0 amide bonds. The van der Waals surface area contributed by atoms with Crippen molar-refractivity contribution in [2.45, 2.75) is 0 Å². The molecule has 0 aliphatic carbocycles. The molecule has 10 aromatic carbocycles. The second kappa shape index (κ2) is 25.3. The highest BCUT2D eigenvalue weighted by Gasteiger charge is 2.18. The van der Waals surface area contributed by atoms with Gasteiger partial charge in [-0.1, -0.05) is 212 Å². The third kappa shape index (κ3) is 11.8. The quantitative estimate of drug-likeness (QED) is 0.123. The van der Waals surface area contributed by atoms with E-state index in [1.165, 1.54) is 0 Å². The van der Waals surface area contributed by atoms with Crippen molar-refractivity contribution in [1.29, 1.82) is 0 Å². The van der Waals surface area contributed by atoms with E-state index in [4.69, 9.17) is 39.9 Å². The molecule has 0 aliphatic heterocycles. The lowest BCUT2D eigenvalue weighted by Crippen LogP contribution is -2.00.